The van der Waals surface area contributed by atoms with Crippen LogP contribution in [0.3, 0.4) is 0 Å². The molecule has 130 valence electrons. The van der Waals surface area contributed by atoms with Crippen LogP contribution in [0.5, 0.6) is 0 Å². The Morgan fingerprint density at radius 3 is 2.27 bits per heavy atom. The lowest BCUT2D eigenvalue weighted by Gasteiger charge is -2.23. The molecule has 0 amide bonds. The van der Waals surface area contributed by atoms with E-state index in [1.165, 1.54) is 5.56 Å². The SMILES string of the molecule is O=C1c2cccc3c(I)ccc(c23)C(=O)C1CCCCc1ccccc1. The standard InChI is InChI=1S/C23H19IO2/c24-20-14-13-18-21-16(20)11-6-12-17(21)22(25)19(23(18)26)10-5-4-9-15-7-2-1-3-8-15/h1-3,6-8,11-14,19H,4-5,9-10H2. The first kappa shape index (κ1) is 17.4. The highest BCUT2D eigenvalue weighted by Crippen LogP contribution is 2.36. The Hall–Kier alpha value is -2.01. The number of hydrogen-bond donors (Lipinski definition) is 0. The van der Waals surface area contributed by atoms with Crippen LogP contribution in [0.15, 0.2) is 60.7 Å². The molecular formula is C23H19IO2. The molecule has 0 heterocycles. The molecule has 0 bridgehead atoms. The van der Waals surface area contributed by atoms with Gasteiger partial charge in [0.2, 0.25) is 0 Å². The van der Waals surface area contributed by atoms with Crippen molar-refractivity contribution in [3.63, 3.8) is 0 Å². The topological polar surface area (TPSA) is 34.1 Å². The van der Waals surface area contributed by atoms with Crippen molar-refractivity contribution >= 4 is 44.9 Å². The maximum Gasteiger partial charge on any atom is 0.174 e. The number of ketones is 2. The minimum Gasteiger partial charge on any atom is -0.293 e. The van der Waals surface area contributed by atoms with Crippen molar-refractivity contribution < 1.29 is 9.59 Å². The van der Waals surface area contributed by atoms with Crippen LogP contribution in [0, 0.1) is 9.49 Å². The van der Waals surface area contributed by atoms with Gasteiger partial charge in [-0.2, -0.15) is 0 Å². The Kier molecular flexibility index (Phi) is 4.90. The molecule has 3 aromatic rings. The Morgan fingerprint density at radius 1 is 0.769 bits per heavy atom. The lowest BCUT2D eigenvalue weighted by molar-refractivity contribution is 0.0792. The number of carbonyl (C=O) groups excluding carboxylic acids is 2. The van der Waals surface area contributed by atoms with Gasteiger partial charge in [-0.3, -0.25) is 9.59 Å². The van der Waals surface area contributed by atoms with Crippen molar-refractivity contribution in [2.75, 3.05) is 0 Å². The van der Waals surface area contributed by atoms with Crippen molar-refractivity contribution in [2.45, 2.75) is 25.7 Å². The van der Waals surface area contributed by atoms with E-state index >= 15 is 0 Å². The summed E-state index contributed by atoms with van der Waals surface area (Å²) in [5.74, 6) is -0.534. The summed E-state index contributed by atoms with van der Waals surface area (Å²) in [5, 5.41) is 1.85. The molecule has 1 aliphatic rings. The van der Waals surface area contributed by atoms with Gasteiger partial charge in [0.05, 0.1) is 5.92 Å². The average Bonchev–Trinajstić information content (AvgIpc) is 2.67. The van der Waals surface area contributed by atoms with Crippen LogP contribution >= 0.6 is 22.6 Å². The maximum absolute atomic E-state index is 13.0. The molecule has 0 radical (unpaired) electrons. The second-order valence-electron chi connectivity index (χ2n) is 6.84. The van der Waals surface area contributed by atoms with Gasteiger partial charge in [0.15, 0.2) is 11.6 Å². The van der Waals surface area contributed by atoms with Crippen LogP contribution in [-0.2, 0) is 6.42 Å². The van der Waals surface area contributed by atoms with Crippen LogP contribution in [0.2, 0.25) is 0 Å². The molecule has 0 aromatic heterocycles. The molecular weight excluding hydrogens is 435 g/mol. The second-order valence-corrected chi connectivity index (χ2v) is 8.00. The number of unbranched alkanes of at least 4 members (excludes halogenated alkanes) is 1. The van der Waals surface area contributed by atoms with Crippen molar-refractivity contribution in [1.82, 2.24) is 0 Å². The van der Waals surface area contributed by atoms with Crippen molar-refractivity contribution in [2.24, 2.45) is 5.92 Å². The van der Waals surface area contributed by atoms with Gasteiger partial charge in [0.1, 0.15) is 0 Å². The van der Waals surface area contributed by atoms with E-state index in [4.69, 9.17) is 0 Å². The summed E-state index contributed by atoms with van der Waals surface area (Å²) in [5.41, 5.74) is 2.73. The molecule has 0 saturated carbocycles. The summed E-state index contributed by atoms with van der Waals surface area (Å²) in [6, 6.07) is 20.0. The van der Waals surface area contributed by atoms with E-state index in [0.29, 0.717) is 17.5 Å². The molecule has 26 heavy (non-hydrogen) atoms. The molecule has 1 atom stereocenters. The Bertz CT molecular complexity index is 970. The van der Waals surface area contributed by atoms with Crippen LogP contribution in [0.4, 0.5) is 0 Å². The molecule has 4 rings (SSSR count). The molecule has 1 aliphatic carbocycles. The highest BCUT2D eigenvalue weighted by atomic mass is 127. The number of hydrogen-bond acceptors (Lipinski definition) is 2. The Labute approximate surface area is 166 Å². The van der Waals surface area contributed by atoms with Crippen LogP contribution in [0.1, 0.15) is 45.5 Å². The third kappa shape index (κ3) is 3.09. The highest BCUT2D eigenvalue weighted by Gasteiger charge is 2.35. The normalized spacial score (nSPS) is 16.3. The van der Waals surface area contributed by atoms with Gasteiger partial charge in [-0.15, -0.1) is 0 Å². The zero-order valence-electron chi connectivity index (χ0n) is 14.4. The van der Waals surface area contributed by atoms with Gasteiger partial charge in [0.25, 0.3) is 0 Å². The summed E-state index contributed by atoms with van der Waals surface area (Å²) in [4.78, 5) is 25.9. The smallest absolute Gasteiger partial charge is 0.174 e. The van der Waals surface area contributed by atoms with E-state index in [-0.39, 0.29) is 11.6 Å². The Balaban J connectivity index is 1.53. The van der Waals surface area contributed by atoms with E-state index in [0.717, 1.165) is 33.6 Å². The van der Waals surface area contributed by atoms with Gasteiger partial charge in [-0.1, -0.05) is 55.0 Å². The summed E-state index contributed by atoms with van der Waals surface area (Å²) in [6.07, 6.45) is 3.49. The molecule has 3 aromatic carbocycles. The predicted molar refractivity (Wildman–Crippen MR) is 113 cm³/mol. The third-order valence-electron chi connectivity index (χ3n) is 5.20. The van der Waals surface area contributed by atoms with Gasteiger partial charge >= 0.3 is 0 Å². The van der Waals surface area contributed by atoms with Gasteiger partial charge in [-0.05, 0) is 64.9 Å². The fourth-order valence-electron chi connectivity index (χ4n) is 3.86. The molecule has 1 unspecified atom stereocenters. The zero-order chi connectivity index (χ0) is 18.1. The van der Waals surface area contributed by atoms with Crippen LogP contribution in [-0.4, -0.2) is 11.6 Å². The zero-order valence-corrected chi connectivity index (χ0v) is 16.5. The fourth-order valence-corrected chi connectivity index (χ4v) is 4.49. The number of carbonyl (C=O) groups is 2. The fraction of sp³-hybridized carbons (Fsp3) is 0.217. The maximum atomic E-state index is 13.0. The van der Waals surface area contributed by atoms with Gasteiger partial charge in [0, 0.05) is 20.1 Å². The number of Topliss-reactive ketones (excluding diaryl/α,β-unsaturated/α-hetero) is 2. The van der Waals surface area contributed by atoms with E-state index < -0.39 is 5.92 Å². The van der Waals surface area contributed by atoms with E-state index in [9.17, 15) is 9.59 Å². The second kappa shape index (κ2) is 7.31. The molecule has 0 spiro atoms. The number of halogens is 1. The average molecular weight is 454 g/mol. The van der Waals surface area contributed by atoms with E-state index in [1.54, 1.807) is 0 Å². The van der Waals surface area contributed by atoms with Gasteiger partial charge < -0.3 is 0 Å². The minimum absolute atomic E-state index is 0.00480. The third-order valence-corrected chi connectivity index (χ3v) is 6.14. The summed E-state index contributed by atoms with van der Waals surface area (Å²) in [6.45, 7) is 0. The highest BCUT2D eigenvalue weighted by molar-refractivity contribution is 14.1. The summed E-state index contributed by atoms with van der Waals surface area (Å²) in [7, 11) is 0. The quantitative estimate of drug-likeness (QED) is 0.275. The number of rotatable bonds is 5. The molecule has 0 fully saturated rings. The largest absolute Gasteiger partial charge is 0.293 e. The summed E-state index contributed by atoms with van der Waals surface area (Å²) < 4.78 is 1.07. The Morgan fingerprint density at radius 2 is 1.50 bits per heavy atom. The van der Waals surface area contributed by atoms with E-state index in [1.807, 2.05) is 48.5 Å². The predicted octanol–water partition coefficient (Wildman–Crippen LogP) is 5.85. The van der Waals surface area contributed by atoms with Crippen molar-refractivity contribution in [1.29, 1.82) is 0 Å². The first-order valence-electron chi connectivity index (χ1n) is 9.00. The van der Waals surface area contributed by atoms with E-state index in [2.05, 4.69) is 34.7 Å². The molecule has 0 saturated heterocycles. The summed E-state index contributed by atoms with van der Waals surface area (Å²) >= 11 is 2.26. The van der Waals surface area contributed by atoms with Crippen molar-refractivity contribution in [3.8, 4) is 0 Å². The first-order valence-corrected chi connectivity index (χ1v) is 10.1. The number of benzene rings is 3. The van der Waals surface area contributed by atoms with Crippen LogP contribution in [0.25, 0.3) is 10.8 Å². The number of aryl methyl sites for hydroxylation is 1. The first-order chi connectivity index (χ1) is 12.7. The molecule has 2 nitrogen and oxygen atoms in total. The lowest BCUT2D eigenvalue weighted by atomic mass is 9.78. The monoisotopic (exact) mass is 454 g/mol. The van der Waals surface area contributed by atoms with Crippen LogP contribution < -0.4 is 0 Å². The van der Waals surface area contributed by atoms with Crippen molar-refractivity contribution in [3.05, 3.63) is 80.9 Å². The van der Waals surface area contributed by atoms with Gasteiger partial charge in [-0.25, -0.2) is 0 Å². The lowest BCUT2D eigenvalue weighted by Crippen LogP contribution is -2.29. The molecule has 3 heteroatoms. The molecule has 0 N–H and O–H groups in total. The molecule has 0 aliphatic heterocycles. The minimum atomic E-state index is -0.524.